The molecule has 2 aliphatic heterocycles. The molecular formula is C26H32BrN3O3. The zero-order valence-corrected chi connectivity index (χ0v) is 21.0. The van der Waals surface area contributed by atoms with Gasteiger partial charge in [0.15, 0.2) is 11.5 Å². The van der Waals surface area contributed by atoms with Gasteiger partial charge in [-0.1, -0.05) is 34.1 Å². The van der Waals surface area contributed by atoms with E-state index in [1.54, 1.807) is 7.11 Å². The molecule has 0 aromatic heterocycles. The van der Waals surface area contributed by atoms with E-state index in [0.29, 0.717) is 23.6 Å². The Morgan fingerprint density at radius 1 is 1.12 bits per heavy atom. The SMILES string of the molecule is COc1ccc(Br)c2c1OCC(C(=O)NCCCCN1CCN(c3ccccc3C)CC1)=C2. The predicted octanol–water partition coefficient (Wildman–Crippen LogP) is 4.26. The number of rotatable bonds is 8. The number of hydrogen-bond acceptors (Lipinski definition) is 5. The van der Waals surface area contributed by atoms with Gasteiger partial charge in [-0.3, -0.25) is 9.69 Å². The minimum atomic E-state index is -0.0674. The first-order chi connectivity index (χ1) is 16.1. The second-order valence-electron chi connectivity index (χ2n) is 8.53. The average Bonchev–Trinajstić information content (AvgIpc) is 2.85. The lowest BCUT2D eigenvalue weighted by molar-refractivity contribution is -0.117. The number of halogens is 1. The van der Waals surface area contributed by atoms with E-state index in [9.17, 15) is 4.79 Å². The van der Waals surface area contributed by atoms with Crippen molar-refractivity contribution < 1.29 is 14.3 Å². The number of fused-ring (bicyclic) bond motifs is 1. The Kier molecular flexibility index (Phi) is 7.93. The molecule has 0 spiro atoms. The third-order valence-electron chi connectivity index (χ3n) is 6.32. The van der Waals surface area contributed by atoms with Crippen LogP contribution < -0.4 is 19.7 Å². The van der Waals surface area contributed by atoms with Crippen molar-refractivity contribution in [3.05, 3.63) is 57.6 Å². The smallest absolute Gasteiger partial charge is 0.250 e. The van der Waals surface area contributed by atoms with E-state index in [1.807, 2.05) is 18.2 Å². The van der Waals surface area contributed by atoms with Crippen LogP contribution in [0.25, 0.3) is 6.08 Å². The number of ether oxygens (including phenoxy) is 2. The molecule has 0 radical (unpaired) electrons. The zero-order valence-electron chi connectivity index (χ0n) is 19.4. The molecule has 2 aliphatic rings. The Hall–Kier alpha value is -2.51. The molecule has 7 heteroatoms. The molecule has 0 atom stereocenters. The van der Waals surface area contributed by atoms with E-state index in [1.165, 1.54) is 11.3 Å². The number of nitrogens with zero attached hydrogens (tertiary/aromatic N) is 2. The summed E-state index contributed by atoms with van der Waals surface area (Å²) in [6.07, 6.45) is 3.92. The van der Waals surface area contributed by atoms with Gasteiger partial charge in [0, 0.05) is 48.4 Å². The van der Waals surface area contributed by atoms with Gasteiger partial charge >= 0.3 is 0 Å². The van der Waals surface area contributed by atoms with Crippen molar-refractivity contribution in [2.75, 3.05) is 57.9 Å². The summed E-state index contributed by atoms with van der Waals surface area (Å²) in [6.45, 7) is 8.48. The molecule has 4 rings (SSSR count). The van der Waals surface area contributed by atoms with E-state index in [4.69, 9.17) is 9.47 Å². The number of anilines is 1. The highest BCUT2D eigenvalue weighted by Gasteiger charge is 2.22. The Morgan fingerprint density at radius 3 is 2.67 bits per heavy atom. The van der Waals surface area contributed by atoms with Gasteiger partial charge < -0.3 is 19.7 Å². The fourth-order valence-corrected chi connectivity index (χ4v) is 4.83. The highest BCUT2D eigenvalue weighted by atomic mass is 79.9. The van der Waals surface area contributed by atoms with Gasteiger partial charge in [0.1, 0.15) is 6.61 Å². The Labute approximate surface area is 204 Å². The lowest BCUT2D eigenvalue weighted by Crippen LogP contribution is -2.46. The number of amides is 1. The van der Waals surface area contributed by atoms with Crippen molar-refractivity contribution >= 4 is 33.6 Å². The molecule has 0 aliphatic carbocycles. The van der Waals surface area contributed by atoms with Gasteiger partial charge in [0.25, 0.3) is 5.91 Å². The Balaban J connectivity index is 1.18. The van der Waals surface area contributed by atoms with Crippen molar-refractivity contribution in [1.82, 2.24) is 10.2 Å². The van der Waals surface area contributed by atoms with Crippen LogP contribution >= 0.6 is 15.9 Å². The summed E-state index contributed by atoms with van der Waals surface area (Å²) in [5, 5.41) is 3.04. The highest BCUT2D eigenvalue weighted by Crippen LogP contribution is 2.40. The maximum Gasteiger partial charge on any atom is 0.250 e. The number of methoxy groups -OCH3 is 1. The first-order valence-corrected chi connectivity index (χ1v) is 12.4. The van der Waals surface area contributed by atoms with E-state index >= 15 is 0 Å². The number of para-hydroxylation sites is 1. The minimum Gasteiger partial charge on any atom is -0.493 e. The molecule has 0 bridgehead atoms. The molecule has 0 unspecified atom stereocenters. The molecule has 33 heavy (non-hydrogen) atoms. The van der Waals surface area contributed by atoms with Crippen LogP contribution in [0.1, 0.15) is 24.0 Å². The first-order valence-electron chi connectivity index (χ1n) is 11.6. The summed E-state index contributed by atoms with van der Waals surface area (Å²) in [5.41, 5.74) is 4.17. The van der Waals surface area contributed by atoms with Crippen LogP contribution in [0, 0.1) is 6.92 Å². The summed E-state index contributed by atoms with van der Waals surface area (Å²) in [6, 6.07) is 12.4. The fourth-order valence-electron chi connectivity index (χ4n) is 4.40. The lowest BCUT2D eigenvalue weighted by atomic mass is 10.1. The van der Waals surface area contributed by atoms with E-state index < -0.39 is 0 Å². The third kappa shape index (κ3) is 5.71. The Morgan fingerprint density at radius 2 is 1.91 bits per heavy atom. The maximum atomic E-state index is 12.6. The number of unbranched alkanes of at least 4 members (excludes halogenated alkanes) is 1. The number of benzene rings is 2. The second-order valence-corrected chi connectivity index (χ2v) is 9.38. The van der Waals surface area contributed by atoms with Gasteiger partial charge in [-0.15, -0.1) is 0 Å². The van der Waals surface area contributed by atoms with Crippen molar-refractivity contribution in [2.45, 2.75) is 19.8 Å². The molecule has 2 aromatic carbocycles. The topological polar surface area (TPSA) is 54.0 Å². The minimum absolute atomic E-state index is 0.0674. The molecule has 176 valence electrons. The van der Waals surface area contributed by atoms with E-state index in [0.717, 1.165) is 55.6 Å². The molecular weight excluding hydrogens is 482 g/mol. The third-order valence-corrected chi connectivity index (χ3v) is 7.02. The molecule has 2 heterocycles. The highest BCUT2D eigenvalue weighted by molar-refractivity contribution is 9.10. The van der Waals surface area contributed by atoms with Crippen LogP contribution in [0.5, 0.6) is 11.5 Å². The lowest BCUT2D eigenvalue weighted by Gasteiger charge is -2.36. The van der Waals surface area contributed by atoms with E-state index in [2.05, 4.69) is 62.2 Å². The van der Waals surface area contributed by atoms with Crippen molar-refractivity contribution in [3.8, 4) is 11.5 Å². The second kappa shape index (κ2) is 11.1. The average molecular weight is 514 g/mol. The summed E-state index contributed by atoms with van der Waals surface area (Å²) in [4.78, 5) is 17.6. The van der Waals surface area contributed by atoms with Gasteiger partial charge in [-0.2, -0.15) is 0 Å². The fraction of sp³-hybridized carbons (Fsp3) is 0.423. The predicted molar refractivity (Wildman–Crippen MR) is 136 cm³/mol. The number of nitrogens with one attached hydrogen (secondary N) is 1. The van der Waals surface area contributed by atoms with E-state index in [-0.39, 0.29) is 12.5 Å². The Bertz CT molecular complexity index is 1020. The quantitative estimate of drug-likeness (QED) is 0.534. The van der Waals surface area contributed by atoms with Crippen molar-refractivity contribution in [1.29, 1.82) is 0 Å². The zero-order chi connectivity index (χ0) is 23.2. The molecule has 1 amide bonds. The number of piperazine rings is 1. The molecule has 2 aromatic rings. The maximum absolute atomic E-state index is 12.6. The summed E-state index contributed by atoms with van der Waals surface area (Å²) < 4.78 is 12.1. The number of aryl methyl sites for hydroxylation is 1. The molecule has 6 nitrogen and oxygen atoms in total. The molecule has 1 fully saturated rings. The van der Waals surface area contributed by atoms with Gasteiger partial charge in [0.2, 0.25) is 0 Å². The molecule has 1 N–H and O–H groups in total. The van der Waals surface area contributed by atoms with Crippen LogP contribution in [0.3, 0.4) is 0 Å². The monoisotopic (exact) mass is 513 g/mol. The summed E-state index contributed by atoms with van der Waals surface area (Å²) >= 11 is 3.53. The van der Waals surface area contributed by atoms with Crippen LogP contribution in [-0.4, -0.2) is 63.8 Å². The van der Waals surface area contributed by atoms with Crippen LogP contribution in [0.15, 0.2) is 46.4 Å². The van der Waals surface area contributed by atoms with Crippen molar-refractivity contribution in [2.24, 2.45) is 0 Å². The number of hydrogen-bond donors (Lipinski definition) is 1. The van der Waals surface area contributed by atoms with Crippen molar-refractivity contribution in [3.63, 3.8) is 0 Å². The number of carbonyl (C=O) groups is 1. The number of carbonyl (C=O) groups excluding carboxylic acids is 1. The van der Waals surface area contributed by atoms with Crippen LogP contribution in [0.4, 0.5) is 5.69 Å². The summed E-state index contributed by atoms with van der Waals surface area (Å²) in [7, 11) is 1.61. The molecule has 0 saturated carbocycles. The molecule has 1 saturated heterocycles. The largest absolute Gasteiger partial charge is 0.493 e. The van der Waals surface area contributed by atoms with Gasteiger partial charge in [-0.05, 0) is 56.1 Å². The standard InChI is InChI=1S/C26H32BrN3O3/c1-19-7-3-4-8-23(19)30-15-13-29(14-16-30)12-6-5-11-28-26(31)20-17-21-22(27)9-10-24(32-2)25(21)33-18-20/h3-4,7-10,17H,5-6,11-16,18H2,1-2H3,(H,28,31). The first kappa shape index (κ1) is 23.6. The van der Waals surface area contributed by atoms with Gasteiger partial charge in [-0.25, -0.2) is 0 Å². The van der Waals surface area contributed by atoms with Gasteiger partial charge in [0.05, 0.1) is 12.7 Å². The normalized spacial score (nSPS) is 16.0. The van der Waals surface area contributed by atoms with Crippen LogP contribution in [0.2, 0.25) is 0 Å². The summed E-state index contributed by atoms with van der Waals surface area (Å²) in [5.74, 6) is 1.27. The van der Waals surface area contributed by atoms with Crippen LogP contribution in [-0.2, 0) is 4.79 Å².